The van der Waals surface area contributed by atoms with Crippen LogP contribution in [0.3, 0.4) is 0 Å². The van der Waals surface area contributed by atoms with Crippen LogP contribution in [0.2, 0.25) is 0 Å². The third-order valence-corrected chi connectivity index (χ3v) is 2.73. The van der Waals surface area contributed by atoms with Crippen LogP contribution in [0.15, 0.2) is 30.0 Å². The molecule has 1 fully saturated rings. The van der Waals surface area contributed by atoms with Crippen LogP contribution in [-0.4, -0.2) is 35.9 Å². The van der Waals surface area contributed by atoms with E-state index in [0.717, 1.165) is 5.57 Å². The Kier molecular flexibility index (Phi) is 5.29. The van der Waals surface area contributed by atoms with E-state index in [1.807, 2.05) is 13.8 Å². The van der Waals surface area contributed by atoms with Crippen molar-refractivity contribution in [1.82, 2.24) is 4.98 Å². The molecular weight excluding hydrogens is 304 g/mol. The minimum atomic E-state index is -1.27. The zero-order valence-corrected chi connectivity index (χ0v) is 12.7. The van der Waals surface area contributed by atoms with Crippen molar-refractivity contribution in [1.29, 1.82) is 0 Å². The van der Waals surface area contributed by atoms with Gasteiger partial charge in [-0.2, -0.15) is 0 Å². The quantitative estimate of drug-likeness (QED) is 0.493. The maximum atomic E-state index is 11.9. The maximum absolute atomic E-state index is 11.9. The van der Waals surface area contributed by atoms with Crippen molar-refractivity contribution in [3.8, 4) is 0 Å². The number of pyridine rings is 1. The number of allylic oxidation sites excluding steroid dienone is 1. The van der Waals surface area contributed by atoms with Crippen LogP contribution < -0.4 is 5.32 Å². The summed E-state index contributed by atoms with van der Waals surface area (Å²) in [6.45, 7) is 3.97. The molecule has 2 rings (SSSR count). The number of nitrogens with one attached hydrogen (secondary N) is 1. The summed E-state index contributed by atoms with van der Waals surface area (Å²) < 4.78 is 14.7. The number of carbonyl (C=O) groups excluding carboxylic acids is 3. The molecule has 2 heterocycles. The van der Waals surface area contributed by atoms with E-state index in [2.05, 4.69) is 10.3 Å². The average molecular weight is 320 g/mol. The van der Waals surface area contributed by atoms with E-state index in [9.17, 15) is 14.4 Å². The predicted octanol–water partition coefficient (Wildman–Crippen LogP) is 1.39. The molecule has 1 aromatic heterocycles. The number of ether oxygens (including phenoxy) is 3. The molecule has 0 aliphatic carbocycles. The van der Waals surface area contributed by atoms with Crippen molar-refractivity contribution in [2.24, 2.45) is 0 Å². The van der Waals surface area contributed by atoms with Crippen molar-refractivity contribution in [3.63, 3.8) is 0 Å². The van der Waals surface area contributed by atoms with Gasteiger partial charge >= 0.3 is 24.3 Å². The fourth-order valence-corrected chi connectivity index (χ4v) is 1.65. The van der Waals surface area contributed by atoms with Crippen LogP contribution in [0.4, 0.5) is 5.82 Å². The van der Waals surface area contributed by atoms with Crippen molar-refractivity contribution in [2.75, 3.05) is 11.9 Å². The summed E-state index contributed by atoms with van der Waals surface area (Å²) in [7, 11) is 0. The molecule has 0 atom stereocenters. The molecule has 1 saturated heterocycles. The Hall–Kier alpha value is -2.90. The van der Waals surface area contributed by atoms with E-state index < -0.39 is 30.7 Å². The van der Waals surface area contributed by atoms with Gasteiger partial charge in [-0.1, -0.05) is 5.57 Å². The van der Waals surface area contributed by atoms with Crippen LogP contribution in [0.25, 0.3) is 0 Å². The Bertz CT molecular complexity index is 635. The molecule has 23 heavy (non-hydrogen) atoms. The van der Waals surface area contributed by atoms with E-state index in [1.165, 1.54) is 18.3 Å². The second-order valence-electron chi connectivity index (χ2n) is 4.94. The first-order chi connectivity index (χ1) is 10.9. The van der Waals surface area contributed by atoms with Crippen LogP contribution in [0, 0.1) is 0 Å². The maximum Gasteiger partial charge on any atom is 0.338 e. The van der Waals surface area contributed by atoms with E-state index in [0.29, 0.717) is 0 Å². The zero-order valence-electron chi connectivity index (χ0n) is 12.7. The third kappa shape index (κ3) is 5.10. The van der Waals surface area contributed by atoms with Gasteiger partial charge in [0.25, 0.3) is 0 Å². The highest BCUT2D eigenvalue weighted by Crippen LogP contribution is 2.14. The number of rotatable bonds is 5. The van der Waals surface area contributed by atoms with E-state index in [-0.39, 0.29) is 18.0 Å². The van der Waals surface area contributed by atoms with Gasteiger partial charge in [-0.3, -0.25) is 9.59 Å². The molecular formula is C15H16N2O6. The normalized spacial score (nSPS) is 14.5. The van der Waals surface area contributed by atoms with Gasteiger partial charge in [0.15, 0.2) is 0 Å². The highest BCUT2D eigenvalue weighted by atomic mass is 16.7. The van der Waals surface area contributed by atoms with Crippen molar-refractivity contribution >= 4 is 23.7 Å². The van der Waals surface area contributed by atoms with Gasteiger partial charge in [-0.25, -0.2) is 9.78 Å². The second-order valence-corrected chi connectivity index (χ2v) is 4.94. The van der Waals surface area contributed by atoms with Gasteiger partial charge in [0.05, 0.1) is 5.56 Å². The molecule has 1 aliphatic rings. The fraction of sp³-hybridized carbons (Fsp3) is 0.333. The summed E-state index contributed by atoms with van der Waals surface area (Å²) in [6, 6.07) is 2.88. The summed E-state index contributed by atoms with van der Waals surface area (Å²) in [4.78, 5) is 38.2. The second kappa shape index (κ2) is 7.39. The fourth-order valence-electron chi connectivity index (χ4n) is 1.65. The highest BCUT2D eigenvalue weighted by Gasteiger charge is 2.28. The molecule has 0 radical (unpaired) electrons. The number of hydrogen-bond donors (Lipinski definition) is 1. The molecule has 0 amide bonds. The lowest BCUT2D eigenvalue weighted by molar-refractivity contribution is -0.197. The average Bonchev–Trinajstić information content (AvgIpc) is 2.46. The number of carbonyl (C=O) groups is 3. The topological polar surface area (TPSA) is 104 Å². The molecule has 1 N–H and O–H groups in total. The minimum absolute atomic E-state index is 0.171. The molecule has 1 aromatic rings. The van der Waals surface area contributed by atoms with Gasteiger partial charge < -0.3 is 19.5 Å². The van der Waals surface area contributed by atoms with Gasteiger partial charge in [0.1, 0.15) is 18.8 Å². The third-order valence-electron chi connectivity index (χ3n) is 2.73. The Morgan fingerprint density at radius 2 is 2.09 bits per heavy atom. The van der Waals surface area contributed by atoms with Crippen LogP contribution >= 0.6 is 0 Å². The van der Waals surface area contributed by atoms with Crippen molar-refractivity contribution < 1.29 is 28.6 Å². The van der Waals surface area contributed by atoms with Crippen LogP contribution in [0.1, 0.15) is 30.6 Å². The summed E-state index contributed by atoms with van der Waals surface area (Å²) in [5.41, 5.74) is 1.30. The Morgan fingerprint density at radius 3 is 2.74 bits per heavy atom. The lowest BCUT2D eigenvalue weighted by Crippen LogP contribution is -2.37. The molecule has 8 nitrogen and oxygen atoms in total. The summed E-state index contributed by atoms with van der Waals surface area (Å²) in [5.74, 6) is -1.72. The molecule has 1 aliphatic heterocycles. The number of esters is 3. The van der Waals surface area contributed by atoms with E-state index >= 15 is 0 Å². The Labute approximate surface area is 132 Å². The monoisotopic (exact) mass is 320 g/mol. The number of hydrogen-bond acceptors (Lipinski definition) is 8. The summed E-state index contributed by atoms with van der Waals surface area (Å²) in [6.07, 6.45) is 1.46. The molecule has 122 valence electrons. The lowest BCUT2D eigenvalue weighted by Gasteiger charge is -2.23. The van der Waals surface area contributed by atoms with Crippen molar-refractivity contribution in [3.05, 3.63) is 35.5 Å². The summed E-state index contributed by atoms with van der Waals surface area (Å²) >= 11 is 0. The van der Waals surface area contributed by atoms with Crippen LogP contribution in [-0.2, 0) is 23.8 Å². The number of nitrogens with zero attached hydrogens (tertiary/aromatic N) is 1. The summed E-state index contributed by atoms with van der Waals surface area (Å²) in [5, 5.41) is 2.59. The molecule has 0 spiro atoms. The minimum Gasteiger partial charge on any atom is -0.458 e. The molecule has 8 heteroatoms. The predicted molar refractivity (Wildman–Crippen MR) is 78.2 cm³/mol. The molecule has 0 aromatic carbocycles. The smallest absolute Gasteiger partial charge is 0.338 e. The van der Waals surface area contributed by atoms with Gasteiger partial charge in [0.2, 0.25) is 0 Å². The highest BCUT2D eigenvalue weighted by molar-refractivity contribution is 5.93. The van der Waals surface area contributed by atoms with Gasteiger partial charge in [0, 0.05) is 6.20 Å². The Morgan fingerprint density at radius 1 is 1.39 bits per heavy atom. The Balaban J connectivity index is 1.99. The number of anilines is 1. The zero-order chi connectivity index (χ0) is 16.8. The molecule has 0 bridgehead atoms. The lowest BCUT2D eigenvalue weighted by atomic mass is 10.2. The first kappa shape index (κ1) is 16.5. The first-order valence-electron chi connectivity index (χ1n) is 6.86. The van der Waals surface area contributed by atoms with Gasteiger partial charge in [-0.15, -0.1) is 0 Å². The largest absolute Gasteiger partial charge is 0.458 e. The van der Waals surface area contributed by atoms with E-state index in [1.54, 1.807) is 6.08 Å². The number of aromatic nitrogens is 1. The van der Waals surface area contributed by atoms with Gasteiger partial charge in [-0.05, 0) is 32.1 Å². The standard InChI is InChI=1S/C15H16N2O6/c1-9(2)4-6-21-14(20)10-3-5-16-11(7-10)17-15-22-12(18)8-13(19)23-15/h3-5,7,15H,6,8H2,1-2H3,(H,16,17). The van der Waals surface area contributed by atoms with E-state index in [4.69, 9.17) is 14.2 Å². The first-order valence-corrected chi connectivity index (χ1v) is 6.86. The van der Waals surface area contributed by atoms with Crippen molar-refractivity contribution in [2.45, 2.75) is 26.7 Å². The molecule has 0 saturated carbocycles. The van der Waals surface area contributed by atoms with Crippen LogP contribution in [0.5, 0.6) is 0 Å². The SMILES string of the molecule is CC(C)=CCOC(=O)c1ccnc(NC2OC(=O)CC(=O)O2)c1. The number of cyclic esters (lactones) is 2. The molecule has 0 unspecified atom stereocenters.